The van der Waals surface area contributed by atoms with E-state index in [0.717, 1.165) is 17.3 Å². The van der Waals surface area contributed by atoms with E-state index in [2.05, 4.69) is 15.2 Å². The Kier molecular flexibility index (Phi) is 6.53. The molecule has 0 N–H and O–H groups in total. The number of alkyl halides is 3. The molecular weight excluding hydrogens is 521 g/mol. The Bertz CT molecular complexity index is 1620. The number of ether oxygens (including phenoxy) is 1. The molecule has 0 bridgehead atoms. The first-order chi connectivity index (χ1) is 18.2. The summed E-state index contributed by atoms with van der Waals surface area (Å²) in [5, 5.41) is 7.83. The Morgan fingerprint density at radius 3 is 2.53 bits per heavy atom. The van der Waals surface area contributed by atoms with Gasteiger partial charge in [0.05, 0.1) is 18.5 Å². The van der Waals surface area contributed by atoms with Gasteiger partial charge in [-0.05, 0) is 42.0 Å². The van der Waals surface area contributed by atoms with Crippen molar-refractivity contribution in [2.24, 2.45) is 0 Å². The number of carbonyl (C=O) groups excluding carboxylic acids is 1. The largest absolute Gasteiger partial charge is 0.497 e. The van der Waals surface area contributed by atoms with Crippen LogP contribution < -0.4 is 4.74 Å². The number of hydrogen-bond donors (Lipinski definition) is 0. The lowest BCUT2D eigenvalue weighted by Crippen LogP contribution is -2.27. The van der Waals surface area contributed by atoms with E-state index in [0.29, 0.717) is 15.8 Å². The number of methoxy groups -OCH3 is 1. The van der Waals surface area contributed by atoms with Crippen LogP contribution in [0.25, 0.3) is 22.6 Å². The molecule has 12 heteroatoms. The molecule has 0 saturated heterocycles. The maximum Gasteiger partial charge on any atom is 0.433 e. The van der Waals surface area contributed by atoms with Crippen LogP contribution in [-0.2, 0) is 12.7 Å². The Morgan fingerprint density at radius 1 is 1.11 bits per heavy atom. The summed E-state index contributed by atoms with van der Waals surface area (Å²) in [5.41, 5.74) is 0.314. The zero-order valence-corrected chi connectivity index (χ0v) is 20.9. The molecule has 2 aromatic carbocycles. The second kappa shape index (κ2) is 9.82. The maximum absolute atomic E-state index is 14.0. The number of hydrogen-bond acceptors (Lipinski definition) is 5. The van der Waals surface area contributed by atoms with Crippen LogP contribution in [0.2, 0.25) is 5.02 Å². The van der Waals surface area contributed by atoms with Gasteiger partial charge in [0.15, 0.2) is 17.0 Å². The van der Waals surface area contributed by atoms with Gasteiger partial charge in [-0.15, -0.1) is 0 Å². The van der Waals surface area contributed by atoms with Crippen LogP contribution in [0.3, 0.4) is 0 Å². The van der Waals surface area contributed by atoms with Crippen molar-refractivity contribution in [1.29, 1.82) is 0 Å². The summed E-state index contributed by atoms with van der Waals surface area (Å²) in [5.74, 6) is -0.194. The van der Waals surface area contributed by atoms with Crippen molar-refractivity contribution in [3.8, 4) is 22.7 Å². The molecule has 0 fully saturated rings. The van der Waals surface area contributed by atoms with Gasteiger partial charge >= 0.3 is 6.18 Å². The topological polar surface area (TPSA) is 77.5 Å². The SMILES string of the molecule is COc1cccc(-c2cc(C(F)(F)F)n3nc(C(=O)N(C)Cc4ccc(-n5cccn5)cc4)c(Cl)c3n2)c1. The van der Waals surface area contributed by atoms with Crippen molar-refractivity contribution in [1.82, 2.24) is 29.3 Å². The van der Waals surface area contributed by atoms with E-state index < -0.39 is 17.8 Å². The third kappa shape index (κ3) is 4.80. The van der Waals surface area contributed by atoms with Crippen molar-refractivity contribution < 1.29 is 22.7 Å². The van der Waals surface area contributed by atoms with E-state index in [1.54, 1.807) is 47.4 Å². The molecule has 0 atom stereocenters. The number of benzene rings is 2. The van der Waals surface area contributed by atoms with E-state index in [1.807, 2.05) is 24.3 Å². The molecule has 38 heavy (non-hydrogen) atoms. The number of nitrogens with zero attached hydrogens (tertiary/aromatic N) is 6. The molecule has 194 valence electrons. The van der Waals surface area contributed by atoms with E-state index in [4.69, 9.17) is 16.3 Å². The van der Waals surface area contributed by atoms with Crippen LogP contribution in [-0.4, -0.2) is 49.3 Å². The van der Waals surface area contributed by atoms with Crippen molar-refractivity contribution in [2.45, 2.75) is 12.7 Å². The summed E-state index contributed by atoms with van der Waals surface area (Å²) in [7, 11) is 2.97. The van der Waals surface area contributed by atoms with Crippen molar-refractivity contribution in [2.75, 3.05) is 14.2 Å². The minimum Gasteiger partial charge on any atom is -0.497 e. The number of carbonyl (C=O) groups is 1. The normalized spacial score (nSPS) is 11.6. The highest BCUT2D eigenvalue weighted by Crippen LogP contribution is 2.35. The first-order valence-corrected chi connectivity index (χ1v) is 11.7. The number of fused-ring (bicyclic) bond motifs is 1. The maximum atomic E-state index is 14.0. The molecule has 0 aliphatic rings. The van der Waals surface area contributed by atoms with Crippen LogP contribution in [0, 0.1) is 0 Å². The first-order valence-electron chi connectivity index (χ1n) is 11.3. The van der Waals surface area contributed by atoms with Crippen LogP contribution in [0.5, 0.6) is 5.75 Å². The minimum atomic E-state index is -4.79. The smallest absolute Gasteiger partial charge is 0.433 e. The lowest BCUT2D eigenvalue weighted by molar-refractivity contribution is -0.142. The third-order valence-corrected chi connectivity index (χ3v) is 6.21. The monoisotopic (exact) mass is 540 g/mol. The predicted octanol–water partition coefficient (Wildman–Crippen LogP) is 5.54. The lowest BCUT2D eigenvalue weighted by atomic mass is 10.1. The van der Waals surface area contributed by atoms with Gasteiger partial charge in [0.1, 0.15) is 10.8 Å². The number of halogens is 4. The molecule has 3 aromatic heterocycles. The predicted molar refractivity (Wildman–Crippen MR) is 134 cm³/mol. The summed E-state index contributed by atoms with van der Waals surface area (Å²) < 4.78 is 49.5. The van der Waals surface area contributed by atoms with Gasteiger partial charge in [-0.2, -0.15) is 23.4 Å². The first kappa shape index (κ1) is 25.3. The standard InChI is InChI=1S/C26H20ClF3N6O2/c1-34(15-16-7-9-18(10-8-16)35-12-4-11-31-35)25(37)23-22(27)24-32-20(17-5-3-6-19(13-17)38-2)14-21(26(28,29)30)36(24)33-23/h3-14H,15H2,1-2H3. The van der Waals surface area contributed by atoms with Gasteiger partial charge in [-0.25, -0.2) is 14.2 Å². The van der Waals surface area contributed by atoms with E-state index in [9.17, 15) is 18.0 Å². The molecule has 1 amide bonds. The Hall–Kier alpha value is -4.38. The second-order valence-electron chi connectivity index (χ2n) is 8.43. The fourth-order valence-corrected chi connectivity index (χ4v) is 4.20. The summed E-state index contributed by atoms with van der Waals surface area (Å²) in [6.45, 7) is 0.178. The molecule has 0 radical (unpaired) electrons. The molecule has 5 rings (SSSR count). The third-order valence-electron chi connectivity index (χ3n) is 5.86. The molecule has 0 spiro atoms. The second-order valence-corrected chi connectivity index (χ2v) is 8.81. The minimum absolute atomic E-state index is 0.00940. The van der Waals surface area contributed by atoms with Crippen molar-refractivity contribution in [3.63, 3.8) is 0 Å². The molecule has 0 aliphatic carbocycles. The summed E-state index contributed by atoms with van der Waals surface area (Å²) in [4.78, 5) is 18.9. The molecule has 3 heterocycles. The molecule has 0 unspecified atom stereocenters. The average molecular weight is 541 g/mol. The molecule has 0 saturated carbocycles. The van der Waals surface area contributed by atoms with Gasteiger partial charge in [0.2, 0.25) is 0 Å². The highest BCUT2D eigenvalue weighted by molar-refractivity contribution is 6.36. The Labute approximate surface area is 219 Å². The average Bonchev–Trinajstić information content (AvgIpc) is 3.56. The van der Waals surface area contributed by atoms with Gasteiger partial charge in [0.25, 0.3) is 5.91 Å². The van der Waals surface area contributed by atoms with E-state index in [-0.39, 0.29) is 28.6 Å². The van der Waals surface area contributed by atoms with Crippen molar-refractivity contribution >= 4 is 23.2 Å². The summed E-state index contributed by atoms with van der Waals surface area (Å²) in [6, 6.07) is 16.5. The Morgan fingerprint density at radius 2 is 1.87 bits per heavy atom. The lowest BCUT2D eigenvalue weighted by Gasteiger charge is -2.16. The summed E-state index contributed by atoms with van der Waals surface area (Å²) >= 11 is 6.42. The highest BCUT2D eigenvalue weighted by atomic mass is 35.5. The van der Waals surface area contributed by atoms with Crippen molar-refractivity contribution in [3.05, 3.63) is 95.0 Å². The zero-order valence-electron chi connectivity index (χ0n) is 20.1. The molecule has 8 nitrogen and oxygen atoms in total. The zero-order chi connectivity index (χ0) is 27.0. The van der Waals surface area contributed by atoms with Gasteiger partial charge in [0, 0.05) is 31.5 Å². The fourth-order valence-electron chi connectivity index (χ4n) is 3.96. The van der Waals surface area contributed by atoms with E-state index >= 15 is 0 Å². The number of amides is 1. The number of rotatable bonds is 6. The Balaban J connectivity index is 1.49. The van der Waals surface area contributed by atoms with Crippen LogP contribution >= 0.6 is 11.6 Å². The highest BCUT2D eigenvalue weighted by Gasteiger charge is 2.37. The van der Waals surface area contributed by atoms with Crippen LogP contribution in [0.15, 0.2) is 73.1 Å². The van der Waals surface area contributed by atoms with Gasteiger partial charge < -0.3 is 9.64 Å². The van der Waals surface area contributed by atoms with Gasteiger partial charge in [-0.3, -0.25) is 4.79 Å². The quantitative estimate of drug-likeness (QED) is 0.283. The van der Waals surface area contributed by atoms with Crippen LogP contribution in [0.1, 0.15) is 21.7 Å². The molecule has 5 aromatic rings. The summed E-state index contributed by atoms with van der Waals surface area (Å²) in [6.07, 6.45) is -1.32. The molecule has 0 aliphatic heterocycles. The van der Waals surface area contributed by atoms with E-state index in [1.165, 1.54) is 19.1 Å². The molecular formula is C26H20ClF3N6O2. The van der Waals surface area contributed by atoms with Crippen LogP contribution in [0.4, 0.5) is 13.2 Å². The number of aromatic nitrogens is 5. The van der Waals surface area contributed by atoms with Gasteiger partial charge in [-0.1, -0.05) is 35.9 Å². The fraction of sp³-hybridized carbons (Fsp3) is 0.154.